The standard InChI is InChI=1S/C38H44N4O12/c1-7-22-16-42-13-11-23(22)14-28(42)30(25-10-12-39-27-9-8-24(49-6)15-26(25)27)40-31-32(34(48)33(31)47)41-38-37(53-21(5)46)36(52-20(4)45)35(51-19(3)44)29(54-38)17-50-18(2)43/h7-10,12,15,22-23,28-30,35-38,40-41H,1,11,13-14,16-17H2,2-6H3/t22-,23-,28-,29+,30-,35+,36-,37+,38+/m0/s1. The highest BCUT2D eigenvalue weighted by molar-refractivity contribution is 5.85. The highest BCUT2D eigenvalue weighted by atomic mass is 16.7. The van der Waals surface area contributed by atoms with Gasteiger partial charge in [-0.2, -0.15) is 0 Å². The normalized spacial score (nSPS) is 28.1. The first-order valence-electron chi connectivity index (χ1n) is 17.8. The van der Waals surface area contributed by atoms with E-state index in [1.165, 1.54) is 0 Å². The summed E-state index contributed by atoms with van der Waals surface area (Å²) in [6.45, 7) is 9.71. The van der Waals surface area contributed by atoms with Crippen molar-refractivity contribution in [2.75, 3.05) is 37.4 Å². The Hall–Kier alpha value is -5.35. The maximum absolute atomic E-state index is 13.5. The molecule has 1 unspecified atom stereocenters. The molecule has 4 aliphatic heterocycles. The molecule has 16 nitrogen and oxygen atoms in total. The smallest absolute Gasteiger partial charge is 0.303 e. The molecular formula is C38H44N4O12. The zero-order valence-electron chi connectivity index (χ0n) is 30.7. The number of esters is 4. The number of carbonyl (C=O) groups is 4. The Bertz CT molecular complexity index is 2010. The van der Waals surface area contributed by atoms with Crippen LogP contribution in [0.5, 0.6) is 5.75 Å². The van der Waals surface area contributed by atoms with Crippen molar-refractivity contribution >= 4 is 46.2 Å². The molecule has 0 amide bonds. The lowest BCUT2D eigenvalue weighted by atomic mass is 9.73. The van der Waals surface area contributed by atoms with Crippen LogP contribution in [-0.2, 0) is 42.9 Å². The van der Waals surface area contributed by atoms with Crippen LogP contribution in [-0.4, -0.2) is 97.3 Å². The predicted octanol–water partition coefficient (Wildman–Crippen LogP) is 2.38. The van der Waals surface area contributed by atoms with E-state index in [2.05, 4.69) is 27.1 Å². The second kappa shape index (κ2) is 15.9. The molecule has 288 valence electrons. The molecule has 1 aromatic heterocycles. The maximum atomic E-state index is 13.5. The van der Waals surface area contributed by atoms with Crippen LogP contribution in [0.3, 0.4) is 0 Å². The van der Waals surface area contributed by atoms with Crippen LogP contribution in [0.25, 0.3) is 10.9 Å². The van der Waals surface area contributed by atoms with Gasteiger partial charge in [-0.25, -0.2) is 0 Å². The number of hydrogen-bond donors (Lipinski definition) is 2. The van der Waals surface area contributed by atoms with Gasteiger partial charge in [-0.1, -0.05) is 6.08 Å². The molecule has 10 atom stereocenters. The summed E-state index contributed by atoms with van der Waals surface area (Å²) in [5.41, 5.74) is -0.319. The number of pyridine rings is 1. The summed E-state index contributed by atoms with van der Waals surface area (Å²) < 4.78 is 33.4. The molecule has 54 heavy (non-hydrogen) atoms. The second-order valence-corrected chi connectivity index (χ2v) is 13.8. The van der Waals surface area contributed by atoms with Crippen molar-refractivity contribution in [3.05, 3.63) is 69.1 Å². The van der Waals surface area contributed by atoms with Crippen LogP contribution >= 0.6 is 0 Å². The molecular weight excluding hydrogens is 704 g/mol. The minimum atomic E-state index is -1.50. The van der Waals surface area contributed by atoms with Crippen LogP contribution in [0.4, 0.5) is 11.4 Å². The van der Waals surface area contributed by atoms with Crippen LogP contribution < -0.4 is 26.2 Å². The van der Waals surface area contributed by atoms with Gasteiger partial charge in [0.05, 0.1) is 18.7 Å². The fraction of sp³-hybridized carbons (Fsp3) is 0.500. The third kappa shape index (κ3) is 7.80. The van der Waals surface area contributed by atoms with Crippen LogP contribution in [0, 0.1) is 11.8 Å². The topological polar surface area (TPSA) is 198 Å². The number of methoxy groups -OCH3 is 1. The Labute approximate surface area is 310 Å². The van der Waals surface area contributed by atoms with E-state index in [1.807, 2.05) is 30.3 Å². The average Bonchev–Trinajstić information content (AvgIpc) is 3.14. The lowest BCUT2D eigenvalue weighted by molar-refractivity contribution is -0.247. The van der Waals surface area contributed by atoms with Gasteiger partial charge in [0.25, 0.3) is 10.9 Å². The van der Waals surface area contributed by atoms with E-state index in [9.17, 15) is 28.8 Å². The van der Waals surface area contributed by atoms with Gasteiger partial charge in [0, 0.05) is 51.9 Å². The van der Waals surface area contributed by atoms with Crippen molar-refractivity contribution in [1.29, 1.82) is 0 Å². The Morgan fingerprint density at radius 3 is 2.28 bits per heavy atom. The number of hydrogen-bond acceptors (Lipinski definition) is 16. The summed E-state index contributed by atoms with van der Waals surface area (Å²) in [6, 6.07) is 6.81. The first-order chi connectivity index (χ1) is 25.8. The lowest BCUT2D eigenvalue weighted by Gasteiger charge is -2.52. The van der Waals surface area contributed by atoms with E-state index in [0.717, 1.165) is 64.6 Å². The molecule has 3 aromatic rings. The molecule has 0 aliphatic carbocycles. The number of aromatic nitrogens is 1. The molecule has 0 radical (unpaired) electrons. The van der Waals surface area contributed by atoms with E-state index in [0.29, 0.717) is 23.1 Å². The number of fused-ring (bicyclic) bond motifs is 4. The van der Waals surface area contributed by atoms with Gasteiger partial charge in [0.15, 0.2) is 24.5 Å². The zero-order chi connectivity index (χ0) is 38.8. The fourth-order valence-electron chi connectivity index (χ4n) is 7.96. The van der Waals surface area contributed by atoms with Gasteiger partial charge < -0.3 is 39.1 Å². The molecule has 5 heterocycles. The van der Waals surface area contributed by atoms with Crippen molar-refractivity contribution in [2.45, 2.75) is 83.3 Å². The Balaban J connectivity index is 1.40. The monoisotopic (exact) mass is 748 g/mol. The molecule has 7 rings (SSSR count). The largest absolute Gasteiger partial charge is 0.497 e. The van der Waals surface area contributed by atoms with Crippen molar-refractivity contribution in [3.8, 4) is 5.75 Å². The minimum absolute atomic E-state index is 0.0337. The van der Waals surface area contributed by atoms with E-state index in [-0.39, 0.29) is 17.4 Å². The van der Waals surface area contributed by atoms with Crippen LogP contribution in [0.15, 0.2) is 52.7 Å². The molecule has 4 aliphatic rings. The van der Waals surface area contributed by atoms with Crippen molar-refractivity contribution < 1.29 is 47.6 Å². The molecule has 0 spiro atoms. The number of rotatable bonds is 13. The molecule has 4 saturated heterocycles. The predicted molar refractivity (Wildman–Crippen MR) is 193 cm³/mol. The number of ether oxygens (including phenoxy) is 6. The molecule has 2 aromatic carbocycles. The quantitative estimate of drug-likeness (QED) is 0.112. The number of carbonyl (C=O) groups excluding carboxylic acids is 4. The molecule has 2 N–H and O–H groups in total. The molecule has 4 fully saturated rings. The molecule has 16 heteroatoms. The third-order valence-corrected chi connectivity index (χ3v) is 10.3. The van der Waals surface area contributed by atoms with E-state index >= 15 is 0 Å². The van der Waals surface area contributed by atoms with E-state index in [1.54, 1.807) is 13.3 Å². The van der Waals surface area contributed by atoms with Crippen molar-refractivity contribution in [1.82, 2.24) is 9.88 Å². The average molecular weight is 749 g/mol. The van der Waals surface area contributed by atoms with E-state index in [4.69, 9.17) is 28.4 Å². The number of anilines is 2. The Morgan fingerprint density at radius 1 is 0.963 bits per heavy atom. The van der Waals surface area contributed by atoms with Gasteiger partial charge >= 0.3 is 23.9 Å². The van der Waals surface area contributed by atoms with Crippen LogP contribution in [0.2, 0.25) is 0 Å². The summed E-state index contributed by atoms with van der Waals surface area (Å²) in [5, 5.41) is 7.13. The summed E-state index contributed by atoms with van der Waals surface area (Å²) in [7, 11) is 1.57. The lowest BCUT2D eigenvalue weighted by Crippen LogP contribution is -2.64. The first kappa shape index (κ1) is 38.4. The third-order valence-electron chi connectivity index (χ3n) is 10.3. The van der Waals surface area contributed by atoms with Gasteiger partial charge in [0.1, 0.15) is 29.8 Å². The summed E-state index contributed by atoms with van der Waals surface area (Å²) in [4.78, 5) is 82.5. The number of benzene rings is 1. The van der Waals surface area contributed by atoms with Gasteiger partial charge in [-0.05, 0) is 61.1 Å². The highest BCUT2D eigenvalue weighted by Gasteiger charge is 2.53. The first-order valence-corrected chi connectivity index (χ1v) is 17.8. The van der Waals surface area contributed by atoms with Gasteiger partial charge in [0.2, 0.25) is 0 Å². The number of nitrogens with zero attached hydrogens (tertiary/aromatic N) is 2. The van der Waals surface area contributed by atoms with Crippen molar-refractivity contribution in [3.63, 3.8) is 0 Å². The van der Waals surface area contributed by atoms with Crippen molar-refractivity contribution in [2.24, 2.45) is 11.8 Å². The van der Waals surface area contributed by atoms with Crippen LogP contribution in [0.1, 0.15) is 52.1 Å². The highest BCUT2D eigenvalue weighted by Crippen LogP contribution is 2.44. The SMILES string of the molecule is C=C[C@H]1CN2CC[C@H]1C[C@H]2[C@@H](Nc1c(N[C@@H]2O[C@H](COC(C)=O)[C@@H](OC(C)=O)[C@H](OC(C)=O)[C@H]2OC(C)=O)c(=O)c1=O)c1ccnc2ccc(OC)cc12. The zero-order valence-corrected chi connectivity index (χ0v) is 30.7. The Morgan fingerprint density at radius 2 is 1.65 bits per heavy atom. The van der Waals surface area contributed by atoms with Gasteiger partial charge in [-0.15, -0.1) is 6.58 Å². The minimum Gasteiger partial charge on any atom is -0.497 e. The van der Waals surface area contributed by atoms with Gasteiger partial charge in [-0.3, -0.25) is 38.7 Å². The summed E-state index contributed by atoms with van der Waals surface area (Å²) in [6.07, 6.45) is -1.60. The van der Waals surface area contributed by atoms with E-state index < -0.39 is 78.0 Å². The molecule has 0 saturated carbocycles. The fourth-order valence-corrected chi connectivity index (χ4v) is 7.96. The summed E-state index contributed by atoms with van der Waals surface area (Å²) in [5.74, 6) is -1.78. The Kier molecular flexibility index (Phi) is 11.3. The number of piperidine rings is 3. The second-order valence-electron chi connectivity index (χ2n) is 13.8. The number of nitrogens with one attached hydrogen (secondary N) is 2. The molecule has 2 bridgehead atoms. The maximum Gasteiger partial charge on any atom is 0.303 e. The summed E-state index contributed by atoms with van der Waals surface area (Å²) >= 11 is 0.